The number of carbonyl (C=O) groups is 2. The third kappa shape index (κ3) is 8.48. The molecule has 0 bridgehead atoms. The highest BCUT2D eigenvalue weighted by atomic mass is 32.2. The van der Waals surface area contributed by atoms with Crippen molar-refractivity contribution in [2.24, 2.45) is 5.92 Å². The monoisotopic (exact) mass is 595 g/mol. The summed E-state index contributed by atoms with van der Waals surface area (Å²) in [6.45, 7) is 9.81. The summed E-state index contributed by atoms with van der Waals surface area (Å²) >= 11 is 0. The molecular weight excluding hydrogens is 554 g/mol. The van der Waals surface area contributed by atoms with Gasteiger partial charge < -0.3 is 19.7 Å². The van der Waals surface area contributed by atoms with Crippen molar-refractivity contribution in [2.45, 2.75) is 52.1 Å². The summed E-state index contributed by atoms with van der Waals surface area (Å²) in [5.74, 6) is 0.521. The van der Waals surface area contributed by atoms with Crippen molar-refractivity contribution in [1.29, 1.82) is 0 Å². The van der Waals surface area contributed by atoms with Crippen LogP contribution in [0.1, 0.15) is 38.8 Å². The summed E-state index contributed by atoms with van der Waals surface area (Å²) in [5.41, 5.74) is 2.02. The Balaban J connectivity index is 2.01. The Bertz CT molecular complexity index is 1440. The second-order valence-electron chi connectivity index (χ2n) is 10.4. The van der Waals surface area contributed by atoms with E-state index >= 15 is 0 Å². The van der Waals surface area contributed by atoms with Crippen LogP contribution in [0.2, 0.25) is 0 Å². The van der Waals surface area contributed by atoms with E-state index in [1.807, 2.05) is 33.8 Å². The van der Waals surface area contributed by atoms with E-state index in [4.69, 9.17) is 9.47 Å². The van der Waals surface area contributed by atoms with E-state index in [0.717, 1.165) is 15.4 Å². The lowest BCUT2D eigenvalue weighted by atomic mass is 10.1. The quantitative estimate of drug-likeness (QED) is 0.288. The molecule has 10 heteroatoms. The number of nitrogens with zero attached hydrogens (tertiary/aromatic N) is 2. The lowest BCUT2D eigenvalue weighted by Gasteiger charge is -2.32. The summed E-state index contributed by atoms with van der Waals surface area (Å²) in [5, 5.41) is 2.89. The molecule has 3 aromatic rings. The number of rotatable bonds is 14. The molecule has 0 heterocycles. The van der Waals surface area contributed by atoms with Crippen molar-refractivity contribution >= 4 is 27.5 Å². The fourth-order valence-electron chi connectivity index (χ4n) is 4.24. The van der Waals surface area contributed by atoms with E-state index in [2.05, 4.69) is 5.32 Å². The third-order valence-electron chi connectivity index (χ3n) is 6.66. The first-order valence-corrected chi connectivity index (χ1v) is 15.4. The molecule has 0 aliphatic carbocycles. The number of methoxy groups -OCH3 is 1. The minimum Gasteiger partial charge on any atom is -0.497 e. The van der Waals surface area contributed by atoms with Crippen LogP contribution in [-0.4, -0.2) is 58.0 Å². The van der Waals surface area contributed by atoms with Gasteiger partial charge in [-0.15, -0.1) is 0 Å². The van der Waals surface area contributed by atoms with Gasteiger partial charge in [-0.3, -0.25) is 13.9 Å². The summed E-state index contributed by atoms with van der Waals surface area (Å²) in [6.07, 6.45) is 0. The minimum absolute atomic E-state index is 0.0152. The summed E-state index contributed by atoms with van der Waals surface area (Å²) in [7, 11) is -2.62. The molecule has 0 aromatic heterocycles. The molecule has 1 N–H and O–H groups in total. The Labute approximate surface area is 249 Å². The maximum absolute atomic E-state index is 14.0. The third-order valence-corrected chi connectivity index (χ3v) is 8.45. The number of amides is 2. The van der Waals surface area contributed by atoms with Crippen molar-refractivity contribution in [1.82, 2.24) is 10.2 Å². The van der Waals surface area contributed by atoms with Gasteiger partial charge in [0.15, 0.2) is 0 Å². The lowest BCUT2D eigenvalue weighted by Crippen LogP contribution is -2.51. The second-order valence-corrected chi connectivity index (χ2v) is 12.3. The van der Waals surface area contributed by atoms with Crippen molar-refractivity contribution < 1.29 is 27.5 Å². The number of hydrogen-bond acceptors (Lipinski definition) is 6. The van der Waals surface area contributed by atoms with Gasteiger partial charge in [0.25, 0.3) is 10.0 Å². The summed E-state index contributed by atoms with van der Waals surface area (Å²) in [4.78, 5) is 28.6. The number of nitrogens with one attached hydrogen (secondary N) is 1. The first-order valence-electron chi connectivity index (χ1n) is 14.0. The van der Waals surface area contributed by atoms with Gasteiger partial charge in [-0.25, -0.2) is 8.42 Å². The van der Waals surface area contributed by atoms with E-state index in [9.17, 15) is 18.0 Å². The molecule has 0 radical (unpaired) electrons. The topological polar surface area (TPSA) is 105 Å². The van der Waals surface area contributed by atoms with Crippen LogP contribution in [0.25, 0.3) is 0 Å². The van der Waals surface area contributed by atoms with Gasteiger partial charge in [0.1, 0.15) is 24.1 Å². The molecule has 1 unspecified atom stereocenters. The SMILES string of the molecule is CCOc1ccc(S(=O)(=O)N(CC(=O)N(Cc2cccc(OC)c2)C(C)C(=O)NCC(C)C)c2ccc(C)cc2)cc1. The average molecular weight is 596 g/mol. The zero-order chi connectivity index (χ0) is 30.9. The highest BCUT2D eigenvalue weighted by molar-refractivity contribution is 7.92. The molecule has 0 aliphatic heterocycles. The molecule has 3 aromatic carbocycles. The number of hydrogen-bond donors (Lipinski definition) is 1. The van der Waals surface area contributed by atoms with E-state index in [0.29, 0.717) is 30.3 Å². The Morgan fingerprint density at radius 3 is 2.19 bits per heavy atom. The zero-order valence-electron chi connectivity index (χ0n) is 25.2. The number of aryl methyl sites for hydroxylation is 1. The molecule has 0 saturated heterocycles. The Morgan fingerprint density at radius 1 is 0.929 bits per heavy atom. The lowest BCUT2D eigenvalue weighted by molar-refractivity contribution is -0.139. The van der Waals surface area contributed by atoms with Crippen molar-refractivity contribution in [3.8, 4) is 11.5 Å². The molecule has 226 valence electrons. The number of anilines is 1. The van der Waals surface area contributed by atoms with E-state index in [1.54, 1.807) is 68.6 Å². The van der Waals surface area contributed by atoms with Crippen LogP contribution >= 0.6 is 0 Å². The molecule has 2 amide bonds. The zero-order valence-corrected chi connectivity index (χ0v) is 26.0. The van der Waals surface area contributed by atoms with Gasteiger partial charge in [0.2, 0.25) is 11.8 Å². The van der Waals surface area contributed by atoms with E-state index < -0.39 is 28.5 Å². The first-order chi connectivity index (χ1) is 20.0. The summed E-state index contributed by atoms with van der Waals surface area (Å²) in [6, 6.07) is 19.3. The maximum atomic E-state index is 14.0. The molecule has 0 saturated carbocycles. The minimum atomic E-state index is -4.17. The van der Waals surface area contributed by atoms with Gasteiger partial charge in [-0.1, -0.05) is 43.7 Å². The van der Waals surface area contributed by atoms with Crippen molar-refractivity contribution in [3.63, 3.8) is 0 Å². The van der Waals surface area contributed by atoms with E-state index in [-0.39, 0.29) is 23.3 Å². The Hall–Kier alpha value is -4.05. The fraction of sp³-hybridized carbons (Fsp3) is 0.375. The molecule has 9 nitrogen and oxygen atoms in total. The largest absolute Gasteiger partial charge is 0.497 e. The molecule has 0 aliphatic rings. The van der Waals surface area contributed by atoms with Crippen LogP contribution in [0.5, 0.6) is 11.5 Å². The molecular formula is C32H41N3O6S. The number of ether oxygens (including phenoxy) is 2. The maximum Gasteiger partial charge on any atom is 0.264 e. The van der Waals surface area contributed by atoms with Crippen LogP contribution in [0.4, 0.5) is 5.69 Å². The molecule has 0 spiro atoms. The Morgan fingerprint density at radius 2 is 1.60 bits per heavy atom. The van der Waals surface area contributed by atoms with Crippen molar-refractivity contribution in [2.75, 3.05) is 31.1 Å². The van der Waals surface area contributed by atoms with Crippen LogP contribution in [0, 0.1) is 12.8 Å². The fourth-order valence-corrected chi connectivity index (χ4v) is 5.66. The number of sulfonamides is 1. The van der Waals surface area contributed by atoms with Crippen molar-refractivity contribution in [3.05, 3.63) is 83.9 Å². The standard InChI is InChI=1S/C32H41N3O6S/c1-7-41-28-15-17-30(18-16-28)42(38,39)35(27-13-11-24(4)12-14-27)22-31(36)34(25(5)32(37)33-20-23(2)3)21-26-9-8-10-29(19-26)40-6/h8-19,23,25H,7,20-22H2,1-6H3,(H,33,37). The normalized spacial score (nSPS) is 12.0. The predicted octanol–water partition coefficient (Wildman–Crippen LogP) is 4.79. The van der Waals surface area contributed by atoms with Gasteiger partial charge in [0.05, 0.1) is 24.3 Å². The van der Waals surface area contributed by atoms with Crippen LogP contribution in [0.15, 0.2) is 77.7 Å². The first kappa shape index (κ1) is 32.5. The predicted molar refractivity (Wildman–Crippen MR) is 164 cm³/mol. The van der Waals surface area contributed by atoms with E-state index in [1.165, 1.54) is 17.0 Å². The Kier molecular flexibility index (Phi) is 11.4. The second kappa shape index (κ2) is 14.7. The number of benzene rings is 3. The highest BCUT2D eigenvalue weighted by Crippen LogP contribution is 2.26. The smallest absolute Gasteiger partial charge is 0.264 e. The molecule has 3 rings (SSSR count). The van der Waals surface area contributed by atoms with Gasteiger partial charge >= 0.3 is 0 Å². The average Bonchev–Trinajstić information content (AvgIpc) is 2.98. The van der Waals surface area contributed by atoms with Crippen LogP contribution < -0.4 is 19.1 Å². The molecule has 1 atom stereocenters. The molecule has 0 fully saturated rings. The highest BCUT2D eigenvalue weighted by Gasteiger charge is 2.32. The summed E-state index contributed by atoms with van der Waals surface area (Å²) < 4.78 is 39.9. The van der Waals surface area contributed by atoms with Crippen LogP contribution in [0.3, 0.4) is 0 Å². The van der Waals surface area contributed by atoms with Gasteiger partial charge in [0, 0.05) is 13.1 Å². The van der Waals surface area contributed by atoms with Gasteiger partial charge in [-0.2, -0.15) is 0 Å². The van der Waals surface area contributed by atoms with Gasteiger partial charge in [-0.05, 0) is 80.8 Å². The number of carbonyl (C=O) groups excluding carboxylic acids is 2. The van der Waals surface area contributed by atoms with Crippen LogP contribution in [-0.2, 0) is 26.2 Å². The molecule has 42 heavy (non-hydrogen) atoms.